The average Bonchev–Trinajstić information content (AvgIpc) is 2.46. The Morgan fingerprint density at radius 3 is 2.88 bits per heavy atom. The van der Waals surface area contributed by atoms with Crippen molar-refractivity contribution in [2.24, 2.45) is 0 Å². The van der Waals surface area contributed by atoms with Crippen LogP contribution < -0.4 is 4.74 Å². The Hall–Kier alpha value is -1.19. The topological polar surface area (TPSA) is 35.5 Å². The van der Waals surface area contributed by atoms with Crippen LogP contribution in [0.4, 0.5) is 0 Å². The smallest absolute Gasteiger partial charge is 0.195 e. The molecule has 0 aliphatic carbocycles. The molecule has 0 radical (unpaired) electrons. The van der Waals surface area contributed by atoms with Crippen molar-refractivity contribution < 1.29 is 14.3 Å². The lowest BCUT2D eigenvalue weighted by Gasteiger charge is -2.08. The molecule has 0 amide bonds. The van der Waals surface area contributed by atoms with E-state index in [2.05, 4.69) is 0 Å². The van der Waals surface area contributed by atoms with Gasteiger partial charge in [-0.15, -0.1) is 0 Å². The van der Waals surface area contributed by atoms with Crippen LogP contribution in [0.15, 0.2) is 24.0 Å². The first-order valence-corrected chi connectivity index (χ1v) is 5.78. The number of Topliss-reactive ketones (excluding diaryl/α,β-unsaturated/α-hetero) is 1. The van der Waals surface area contributed by atoms with E-state index in [9.17, 15) is 4.79 Å². The summed E-state index contributed by atoms with van der Waals surface area (Å²) in [5.41, 5.74) is 0.977. The van der Waals surface area contributed by atoms with Crippen LogP contribution >= 0.6 is 23.2 Å². The van der Waals surface area contributed by atoms with Gasteiger partial charge in [-0.2, -0.15) is 0 Å². The number of benzene rings is 1. The molecule has 0 saturated heterocycles. The summed E-state index contributed by atoms with van der Waals surface area (Å²) in [5.74, 6) is 0.210. The molecule has 1 aliphatic heterocycles. The highest BCUT2D eigenvalue weighted by Crippen LogP contribution is 2.38. The number of fused-ring (bicyclic) bond motifs is 1. The predicted molar refractivity (Wildman–Crippen MR) is 66.0 cm³/mol. The second kappa shape index (κ2) is 4.98. The van der Waals surface area contributed by atoms with Gasteiger partial charge in [0.25, 0.3) is 0 Å². The third-order valence-corrected chi connectivity index (χ3v) is 3.25. The molecule has 1 aliphatic rings. The minimum absolute atomic E-state index is 0.141. The summed E-state index contributed by atoms with van der Waals surface area (Å²) in [5, 5.41) is 0.647. The number of rotatable bonds is 1. The molecule has 0 saturated carbocycles. The van der Waals surface area contributed by atoms with Crippen molar-refractivity contribution in [1.29, 1.82) is 0 Å². The predicted octanol–water partition coefficient (Wildman–Crippen LogP) is 3.49. The summed E-state index contributed by atoms with van der Waals surface area (Å²) in [6.45, 7) is 0.369. The molecule has 0 spiro atoms. The highest BCUT2D eigenvalue weighted by Gasteiger charge is 2.24. The van der Waals surface area contributed by atoms with Crippen LogP contribution in [0.25, 0.3) is 0 Å². The molecule has 1 aromatic carbocycles. The molecule has 0 atom stereocenters. The Morgan fingerprint density at radius 1 is 1.41 bits per heavy atom. The molecule has 0 aromatic heterocycles. The van der Waals surface area contributed by atoms with Crippen molar-refractivity contribution in [3.8, 4) is 5.75 Å². The lowest BCUT2D eigenvalue weighted by Crippen LogP contribution is -2.02. The van der Waals surface area contributed by atoms with Crippen LogP contribution in [0.5, 0.6) is 5.75 Å². The summed E-state index contributed by atoms with van der Waals surface area (Å²) in [7, 11) is 1.50. The molecule has 5 heteroatoms. The van der Waals surface area contributed by atoms with Gasteiger partial charge < -0.3 is 9.47 Å². The molecule has 0 unspecified atom stereocenters. The summed E-state index contributed by atoms with van der Waals surface area (Å²) in [6.07, 6.45) is 1.92. The minimum atomic E-state index is -0.141. The third-order valence-electron chi connectivity index (χ3n) is 2.46. The molecule has 90 valence electrons. The second-order valence-corrected chi connectivity index (χ2v) is 4.33. The molecular weight excluding hydrogens is 263 g/mol. The van der Waals surface area contributed by atoms with Gasteiger partial charge in [-0.3, -0.25) is 4.79 Å². The van der Waals surface area contributed by atoms with Gasteiger partial charge in [-0.1, -0.05) is 23.2 Å². The first-order chi connectivity index (χ1) is 8.15. The number of hydrogen-bond acceptors (Lipinski definition) is 3. The normalized spacial score (nSPS) is 17.4. The largest absolute Gasteiger partial charge is 0.504 e. The van der Waals surface area contributed by atoms with Crippen molar-refractivity contribution in [3.05, 3.63) is 39.6 Å². The average molecular weight is 273 g/mol. The fourth-order valence-electron chi connectivity index (χ4n) is 1.66. The number of carbonyl (C=O) groups excluding carboxylic acids is 1. The fourth-order valence-corrected chi connectivity index (χ4v) is 2.02. The second-order valence-electron chi connectivity index (χ2n) is 3.54. The van der Waals surface area contributed by atoms with E-state index in [0.717, 1.165) is 0 Å². The summed E-state index contributed by atoms with van der Waals surface area (Å²) in [4.78, 5) is 12.2. The Bertz CT molecular complexity index is 495. The number of methoxy groups -OCH3 is 1. The molecule has 1 aromatic rings. The zero-order valence-electron chi connectivity index (χ0n) is 9.13. The standard InChI is InChI=1S/C12H10Cl2O3/c1-16-6-7-4-5-17-12-8(11(7)15)2-3-9(13)10(12)14/h2-3,6H,4-5H2,1H3/b7-6-. The third kappa shape index (κ3) is 2.26. The van der Waals surface area contributed by atoms with Gasteiger partial charge >= 0.3 is 0 Å². The van der Waals surface area contributed by atoms with Crippen molar-refractivity contribution in [3.63, 3.8) is 0 Å². The summed E-state index contributed by atoms with van der Waals surface area (Å²) < 4.78 is 10.4. The van der Waals surface area contributed by atoms with Crippen LogP contribution in [0.2, 0.25) is 10.0 Å². The van der Waals surface area contributed by atoms with Crippen LogP contribution in [-0.4, -0.2) is 19.5 Å². The van der Waals surface area contributed by atoms with E-state index in [-0.39, 0.29) is 10.8 Å². The Kier molecular flexibility index (Phi) is 3.60. The fraction of sp³-hybridized carbons (Fsp3) is 0.250. The maximum Gasteiger partial charge on any atom is 0.195 e. The van der Waals surface area contributed by atoms with E-state index < -0.39 is 0 Å². The monoisotopic (exact) mass is 272 g/mol. The zero-order valence-corrected chi connectivity index (χ0v) is 10.6. The first kappa shape index (κ1) is 12.3. The van der Waals surface area contributed by atoms with Gasteiger partial charge in [0, 0.05) is 12.0 Å². The van der Waals surface area contributed by atoms with E-state index >= 15 is 0 Å². The van der Waals surface area contributed by atoms with Crippen LogP contribution in [0.1, 0.15) is 16.8 Å². The Labute approximate surface area is 109 Å². The molecule has 0 fully saturated rings. The van der Waals surface area contributed by atoms with Gasteiger partial charge in [-0.25, -0.2) is 0 Å². The minimum Gasteiger partial charge on any atom is -0.504 e. The number of ether oxygens (including phenoxy) is 2. The molecule has 3 nitrogen and oxygen atoms in total. The van der Waals surface area contributed by atoms with Crippen molar-refractivity contribution >= 4 is 29.0 Å². The quantitative estimate of drug-likeness (QED) is 0.580. The summed E-state index contributed by atoms with van der Waals surface area (Å²) in [6, 6.07) is 3.19. The molecule has 2 rings (SSSR count). The van der Waals surface area contributed by atoms with E-state index in [1.807, 2.05) is 0 Å². The SMILES string of the molecule is CO/C=C1/CCOc2c(ccc(Cl)c2Cl)C1=O. The van der Waals surface area contributed by atoms with Crippen molar-refractivity contribution in [1.82, 2.24) is 0 Å². The number of halogens is 2. The Morgan fingerprint density at radius 2 is 2.18 bits per heavy atom. The number of ketones is 1. The number of carbonyl (C=O) groups is 1. The van der Waals surface area contributed by atoms with Gasteiger partial charge in [0.05, 0.1) is 30.6 Å². The molecule has 17 heavy (non-hydrogen) atoms. The van der Waals surface area contributed by atoms with Gasteiger partial charge in [0.15, 0.2) is 11.5 Å². The lowest BCUT2D eigenvalue weighted by molar-refractivity contribution is 0.102. The van der Waals surface area contributed by atoms with Crippen LogP contribution in [-0.2, 0) is 4.74 Å². The van der Waals surface area contributed by atoms with Crippen molar-refractivity contribution in [2.45, 2.75) is 6.42 Å². The maximum atomic E-state index is 12.2. The van der Waals surface area contributed by atoms with Crippen LogP contribution in [0.3, 0.4) is 0 Å². The highest BCUT2D eigenvalue weighted by molar-refractivity contribution is 6.43. The van der Waals surface area contributed by atoms with Gasteiger partial charge in [0.2, 0.25) is 0 Å². The molecule has 1 heterocycles. The Balaban J connectivity index is 2.54. The van der Waals surface area contributed by atoms with Crippen LogP contribution in [0, 0.1) is 0 Å². The summed E-state index contributed by atoms with van der Waals surface area (Å²) >= 11 is 11.9. The first-order valence-electron chi connectivity index (χ1n) is 5.02. The van der Waals surface area contributed by atoms with Crippen molar-refractivity contribution in [2.75, 3.05) is 13.7 Å². The molecule has 0 bridgehead atoms. The van der Waals surface area contributed by atoms with E-state index in [4.69, 9.17) is 32.7 Å². The lowest BCUT2D eigenvalue weighted by atomic mass is 10.0. The zero-order chi connectivity index (χ0) is 12.4. The van der Waals surface area contributed by atoms with E-state index in [1.165, 1.54) is 13.4 Å². The maximum absolute atomic E-state index is 12.2. The van der Waals surface area contributed by atoms with Gasteiger partial charge in [0.1, 0.15) is 5.02 Å². The van der Waals surface area contributed by atoms with E-state index in [0.29, 0.717) is 34.9 Å². The molecule has 0 N–H and O–H groups in total. The van der Waals surface area contributed by atoms with E-state index in [1.54, 1.807) is 12.1 Å². The highest BCUT2D eigenvalue weighted by atomic mass is 35.5. The molecular formula is C12H10Cl2O3. The number of hydrogen-bond donors (Lipinski definition) is 0. The van der Waals surface area contributed by atoms with Gasteiger partial charge in [-0.05, 0) is 12.1 Å².